The Balaban J connectivity index is 2.51. The molecule has 1 rings (SSSR count). The van der Waals surface area contributed by atoms with Crippen molar-refractivity contribution >= 4 is 10.2 Å². The molecule has 1 unspecified atom stereocenters. The summed E-state index contributed by atoms with van der Waals surface area (Å²) in [5.74, 6) is 0.635. The Bertz CT molecular complexity index is 487. The third kappa shape index (κ3) is 6.13. The topological polar surface area (TPSA) is 90.1 Å². The molecule has 1 aromatic heterocycles. The van der Waals surface area contributed by atoms with Crippen molar-refractivity contribution in [1.29, 1.82) is 0 Å². The van der Waals surface area contributed by atoms with Gasteiger partial charge in [-0.05, 0) is 19.4 Å². The molecule has 0 amide bonds. The maximum atomic E-state index is 12.3. The van der Waals surface area contributed by atoms with Crippen LogP contribution in [0.2, 0.25) is 0 Å². The van der Waals surface area contributed by atoms with Crippen LogP contribution in [-0.4, -0.2) is 48.9 Å². The van der Waals surface area contributed by atoms with Gasteiger partial charge in [-0.3, -0.25) is 0 Å². The first-order chi connectivity index (χ1) is 9.86. The van der Waals surface area contributed by atoms with E-state index in [1.807, 2.05) is 6.92 Å². The predicted molar refractivity (Wildman–Crippen MR) is 84.1 cm³/mol. The summed E-state index contributed by atoms with van der Waals surface area (Å²) in [6, 6.07) is 0.0784. The number of H-pyrrole nitrogens is 1. The smallest absolute Gasteiger partial charge is 0.279 e. The zero-order valence-corrected chi connectivity index (χ0v) is 14.1. The van der Waals surface area contributed by atoms with E-state index in [2.05, 4.69) is 33.9 Å². The second-order valence-electron chi connectivity index (χ2n) is 5.34. The van der Waals surface area contributed by atoms with Crippen molar-refractivity contribution in [2.75, 3.05) is 20.1 Å². The Kier molecular flexibility index (Phi) is 7.30. The lowest BCUT2D eigenvalue weighted by Gasteiger charge is -2.21. The number of hydrogen-bond donors (Lipinski definition) is 3. The van der Waals surface area contributed by atoms with Crippen LogP contribution in [0.25, 0.3) is 0 Å². The van der Waals surface area contributed by atoms with Crippen LogP contribution in [0.1, 0.15) is 45.5 Å². The molecule has 0 aliphatic rings. The Morgan fingerprint density at radius 3 is 2.67 bits per heavy atom. The highest BCUT2D eigenvalue weighted by Gasteiger charge is 2.23. The van der Waals surface area contributed by atoms with Gasteiger partial charge < -0.3 is 10.3 Å². The first-order valence-electron chi connectivity index (χ1n) is 7.33. The maximum Gasteiger partial charge on any atom is 0.279 e. The van der Waals surface area contributed by atoms with E-state index in [0.717, 1.165) is 13.0 Å². The first kappa shape index (κ1) is 18.1. The Morgan fingerprint density at radius 1 is 1.43 bits per heavy atom. The minimum absolute atomic E-state index is 0.332. The van der Waals surface area contributed by atoms with Crippen LogP contribution < -0.4 is 10.0 Å². The lowest BCUT2D eigenvalue weighted by Crippen LogP contribution is -2.41. The third-order valence-electron chi connectivity index (χ3n) is 3.16. The Hall–Kier alpha value is -0.960. The fraction of sp³-hybridized carbons (Fsp3) is 0.769. The van der Waals surface area contributed by atoms with Gasteiger partial charge in [0.15, 0.2) is 0 Å². The Morgan fingerprint density at radius 2 is 2.14 bits per heavy atom. The fourth-order valence-electron chi connectivity index (χ4n) is 1.88. The molecular formula is C13H27N5O2S. The standard InChI is InChI=1S/C13H27N5O2S/c1-5-12(13-15-8-9-16-13)17-21(19,20)18(4)10-6-7-14-11(2)3/h8-9,11-12,14,17H,5-7,10H2,1-4H3,(H,15,16). The van der Waals surface area contributed by atoms with E-state index in [-0.39, 0.29) is 6.04 Å². The summed E-state index contributed by atoms with van der Waals surface area (Å²) in [6.07, 6.45) is 4.71. The predicted octanol–water partition coefficient (Wildman–Crippen LogP) is 1.02. The second kappa shape index (κ2) is 8.47. The van der Waals surface area contributed by atoms with Crippen LogP contribution in [0.3, 0.4) is 0 Å². The Labute approximate surface area is 127 Å². The zero-order chi connectivity index (χ0) is 15.9. The van der Waals surface area contributed by atoms with E-state index in [9.17, 15) is 8.42 Å². The molecule has 1 atom stereocenters. The molecule has 1 aromatic rings. The van der Waals surface area contributed by atoms with E-state index in [1.54, 1.807) is 19.4 Å². The van der Waals surface area contributed by atoms with Gasteiger partial charge in [0.2, 0.25) is 0 Å². The molecule has 0 spiro atoms. The van der Waals surface area contributed by atoms with Gasteiger partial charge in [0.25, 0.3) is 10.2 Å². The van der Waals surface area contributed by atoms with Gasteiger partial charge in [-0.2, -0.15) is 17.4 Å². The van der Waals surface area contributed by atoms with E-state index < -0.39 is 10.2 Å². The quantitative estimate of drug-likeness (QED) is 0.562. The van der Waals surface area contributed by atoms with E-state index >= 15 is 0 Å². The molecule has 0 saturated carbocycles. The number of aromatic nitrogens is 2. The van der Waals surface area contributed by atoms with Crippen molar-refractivity contribution in [3.63, 3.8) is 0 Å². The molecule has 3 N–H and O–H groups in total. The van der Waals surface area contributed by atoms with Gasteiger partial charge in [0.05, 0.1) is 6.04 Å². The minimum atomic E-state index is -3.50. The zero-order valence-electron chi connectivity index (χ0n) is 13.3. The van der Waals surface area contributed by atoms with Crippen molar-refractivity contribution in [1.82, 2.24) is 24.3 Å². The molecule has 21 heavy (non-hydrogen) atoms. The van der Waals surface area contributed by atoms with Gasteiger partial charge in [-0.15, -0.1) is 0 Å². The molecule has 0 fully saturated rings. The molecule has 0 aliphatic carbocycles. The first-order valence-corrected chi connectivity index (χ1v) is 8.77. The highest BCUT2D eigenvalue weighted by Crippen LogP contribution is 2.13. The van der Waals surface area contributed by atoms with Crippen LogP contribution >= 0.6 is 0 Å². The molecule has 0 aliphatic heterocycles. The second-order valence-corrected chi connectivity index (χ2v) is 7.15. The highest BCUT2D eigenvalue weighted by molar-refractivity contribution is 7.87. The van der Waals surface area contributed by atoms with E-state index in [1.165, 1.54) is 4.31 Å². The van der Waals surface area contributed by atoms with Gasteiger partial charge in [-0.1, -0.05) is 20.8 Å². The number of nitrogens with zero attached hydrogens (tertiary/aromatic N) is 2. The summed E-state index contributed by atoms with van der Waals surface area (Å²) < 4.78 is 28.6. The average Bonchev–Trinajstić information content (AvgIpc) is 2.94. The molecule has 0 radical (unpaired) electrons. The maximum absolute atomic E-state index is 12.3. The summed E-state index contributed by atoms with van der Waals surface area (Å²) >= 11 is 0. The molecule has 0 saturated heterocycles. The normalized spacial score (nSPS) is 14.0. The lowest BCUT2D eigenvalue weighted by molar-refractivity contribution is 0.427. The van der Waals surface area contributed by atoms with Crippen molar-refractivity contribution in [3.05, 3.63) is 18.2 Å². The molecule has 1 heterocycles. The molecule has 0 bridgehead atoms. The van der Waals surface area contributed by atoms with Crippen LogP contribution in [0.5, 0.6) is 0 Å². The number of aromatic amines is 1. The fourth-order valence-corrected chi connectivity index (χ4v) is 3.07. The number of rotatable bonds is 10. The van der Waals surface area contributed by atoms with Crippen molar-refractivity contribution in [2.45, 2.75) is 45.7 Å². The van der Waals surface area contributed by atoms with Crippen LogP contribution in [-0.2, 0) is 10.2 Å². The third-order valence-corrected chi connectivity index (χ3v) is 4.75. The van der Waals surface area contributed by atoms with Crippen LogP contribution in [0.15, 0.2) is 12.4 Å². The number of hydrogen-bond acceptors (Lipinski definition) is 4. The summed E-state index contributed by atoms with van der Waals surface area (Å²) in [5.41, 5.74) is 0. The summed E-state index contributed by atoms with van der Waals surface area (Å²) in [5, 5.41) is 3.27. The molecule has 8 heteroatoms. The number of nitrogens with one attached hydrogen (secondary N) is 3. The van der Waals surface area contributed by atoms with Crippen molar-refractivity contribution in [3.8, 4) is 0 Å². The molecule has 122 valence electrons. The van der Waals surface area contributed by atoms with E-state index in [4.69, 9.17) is 0 Å². The summed E-state index contributed by atoms with van der Waals surface area (Å²) in [4.78, 5) is 7.06. The molecule has 7 nitrogen and oxygen atoms in total. The van der Waals surface area contributed by atoms with Crippen LogP contribution in [0.4, 0.5) is 0 Å². The molecule has 0 aromatic carbocycles. The number of imidazole rings is 1. The summed E-state index contributed by atoms with van der Waals surface area (Å²) in [6.45, 7) is 7.33. The van der Waals surface area contributed by atoms with Crippen molar-refractivity contribution in [2.24, 2.45) is 0 Å². The minimum Gasteiger partial charge on any atom is -0.347 e. The largest absolute Gasteiger partial charge is 0.347 e. The molecular weight excluding hydrogens is 290 g/mol. The summed E-state index contributed by atoms with van der Waals surface area (Å²) in [7, 11) is -1.91. The van der Waals surface area contributed by atoms with Gasteiger partial charge in [0, 0.05) is 32.0 Å². The monoisotopic (exact) mass is 317 g/mol. The average molecular weight is 317 g/mol. The van der Waals surface area contributed by atoms with Gasteiger partial charge in [-0.25, -0.2) is 4.98 Å². The van der Waals surface area contributed by atoms with Crippen molar-refractivity contribution < 1.29 is 8.42 Å². The van der Waals surface area contributed by atoms with Crippen LogP contribution in [0, 0.1) is 0 Å². The van der Waals surface area contributed by atoms with E-state index in [0.29, 0.717) is 24.8 Å². The SMILES string of the molecule is CCC(NS(=O)(=O)N(C)CCCNC(C)C)c1ncc[nH]1. The van der Waals surface area contributed by atoms with Gasteiger partial charge in [0.1, 0.15) is 5.82 Å². The van der Waals surface area contributed by atoms with Gasteiger partial charge >= 0.3 is 0 Å². The highest BCUT2D eigenvalue weighted by atomic mass is 32.2. The lowest BCUT2D eigenvalue weighted by atomic mass is 10.2.